The summed E-state index contributed by atoms with van der Waals surface area (Å²) in [6, 6.07) is 0. The second-order valence-corrected chi connectivity index (χ2v) is 2.47. The van der Waals surface area contributed by atoms with Crippen LogP contribution in [0.4, 0.5) is 4.39 Å². The highest BCUT2D eigenvalue weighted by Crippen LogP contribution is 2.36. The molecule has 0 aromatic rings. The zero-order chi connectivity index (χ0) is 5.28. The lowest BCUT2D eigenvalue weighted by molar-refractivity contribution is 0.352. The fourth-order valence-electron chi connectivity index (χ4n) is 0.791. The monoisotopic (exact) mass is 102 g/mol. The largest absolute Gasteiger partial charge is 0.251 e. The molecule has 1 aliphatic carbocycles. The molecule has 0 unspecified atom stereocenters. The number of halogens is 1. The average molecular weight is 102 g/mol. The van der Waals surface area contributed by atoms with Crippen molar-refractivity contribution in [2.24, 2.45) is 11.8 Å². The van der Waals surface area contributed by atoms with Crippen molar-refractivity contribution in [3.8, 4) is 0 Å². The molecular formula is C6H11F. The van der Waals surface area contributed by atoms with Crippen LogP contribution in [0, 0.1) is 11.8 Å². The molecule has 1 atom stereocenters. The third-order valence-corrected chi connectivity index (χ3v) is 1.67. The molecule has 1 saturated carbocycles. The molecule has 0 nitrogen and oxygen atoms in total. The van der Waals surface area contributed by atoms with Gasteiger partial charge in [0.15, 0.2) is 0 Å². The molecule has 0 aromatic heterocycles. The van der Waals surface area contributed by atoms with Crippen molar-refractivity contribution in [1.82, 2.24) is 0 Å². The van der Waals surface area contributed by atoms with Crippen LogP contribution >= 0.6 is 0 Å². The van der Waals surface area contributed by atoms with E-state index in [1.807, 2.05) is 6.92 Å². The van der Waals surface area contributed by atoms with E-state index in [1.54, 1.807) is 0 Å². The molecule has 7 heavy (non-hydrogen) atoms. The van der Waals surface area contributed by atoms with Gasteiger partial charge in [-0.3, -0.25) is 4.39 Å². The van der Waals surface area contributed by atoms with E-state index in [-0.39, 0.29) is 6.67 Å². The summed E-state index contributed by atoms with van der Waals surface area (Å²) in [6.07, 6.45) is 2.54. The lowest BCUT2D eigenvalue weighted by Gasteiger charge is -1.99. The summed E-state index contributed by atoms with van der Waals surface area (Å²) in [5.41, 5.74) is 0. The third kappa shape index (κ3) is 1.15. The highest BCUT2D eigenvalue weighted by molar-refractivity contribution is 4.77. The van der Waals surface area contributed by atoms with E-state index in [9.17, 15) is 4.39 Å². The van der Waals surface area contributed by atoms with Crippen LogP contribution in [0.25, 0.3) is 0 Å². The number of alkyl halides is 1. The molecular weight excluding hydrogens is 91.1 g/mol. The molecule has 0 saturated heterocycles. The molecule has 1 rings (SSSR count). The minimum atomic E-state index is -0.120. The number of rotatable bonds is 2. The first-order valence-electron chi connectivity index (χ1n) is 2.90. The Kier molecular flexibility index (Phi) is 1.31. The first kappa shape index (κ1) is 5.07. The van der Waals surface area contributed by atoms with Gasteiger partial charge >= 0.3 is 0 Å². The Bertz CT molecular complexity index is 57.2. The molecule has 0 N–H and O–H groups in total. The van der Waals surface area contributed by atoms with Gasteiger partial charge in [-0.1, -0.05) is 6.92 Å². The predicted molar refractivity (Wildman–Crippen MR) is 27.9 cm³/mol. The Labute approximate surface area is 43.7 Å². The highest BCUT2D eigenvalue weighted by atomic mass is 19.1. The van der Waals surface area contributed by atoms with E-state index in [4.69, 9.17) is 0 Å². The summed E-state index contributed by atoms with van der Waals surface area (Å²) in [4.78, 5) is 0. The Hall–Kier alpha value is -0.0700. The van der Waals surface area contributed by atoms with Crippen LogP contribution in [0.1, 0.15) is 19.8 Å². The third-order valence-electron chi connectivity index (χ3n) is 1.67. The first-order valence-corrected chi connectivity index (χ1v) is 2.90. The van der Waals surface area contributed by atoms with Gasteiger partial charge in [-0.15, -0.1) is 0 Å². The summed E-state index contributed by atoms with van der Waals surface area (Å²) < 4.78 is 11.7. The van der Waals surface area contributed by atoms with Gasteiger partial charge in [0.05, 0.1) is 6.67 Å². The van der Waals surface area contributed by atoms with Crippen molar-refractivity contribution < 1.29 is 4.39 Å². The Morgan fingerprint density at radius 3 is 2.43 bits per heavy atom. The van der Waals surface area contributed by atoms with E-state index >= 15 is 0 Å². The highest BCUT2D eigenvalue weighted by Gasteiger charge is 2.27. The van der Waals surface area contributed by atoms with Gasteiger partial charge in [-0.2, -0.15) is 0 Å². The normalized spacial score (nSPS) is 24.9. The average Bonchev–Trinajstić information content (AvgIpc) is 2.44. The SMILES string of the molecule is C[C@H](CF)C1CC1. The fourth-order valence-corrected chi connectivity index (χ4v) is 0.791. The molecule has 1 fully saturated rings. The molecule has 0 aliphatic heterocycles. The molecule has 0 amide bonds. The van der Waals surface area contributed by atoms with Crippen LogP contribution in [0.5, 0.6) is 0 Å². The van der Waals surface area contributed by atoms with Gasteiger partial charge in [0.25, 0.3) is 0 Å². The zero-order valence-corrected chi connectivity index (χ0v) is 4.65. The molecule has 1 heteroatoms. The van der Waals surface area contributed by atoms with Crippen molar-refractivity contribution >= 4 is 0 Å². The zero-order valence-electron chi connectivity index (χ0n) is 4.65. The summed E-state index contributed by atoms with van der Waals surface area (Å²) in [5.74, 6) is 1.09. The molecule has 0 heterocycles. The number of hydrogen-bond donors (Lipinski definition) is 0. The van der Waals surface area contributed by atoms with Crippen LogP contribution < -0.4 is 0 Å². The van der Waals surface area contributed by atoms with Crippen LogP contribution in [0.2, 0.25) is 0 Å². The van der Waals surface area contributed by atoms with Crippen LogP contribution in [0.15, 0.2) is 0 Å². The van der Waals surface area contributed by atoms with Gasteiger partial charge in [0.2, 0.25) is 0 Å². The summed E-state index contributed by atoms with van der Waals surface area (Å²) in [7, 11) is 0. The molecule has 0 spiro atoms. The van der Waals surface area contributed by atoms with Gasteiger partial charge in [0, 0.05) is 0 Å². The van der Waals surface area contributed by atoms with E-state index < -0.39 is 0 Å². The standard InChI is InChI=1S/C6H11F/c1-5(4-7)6-2-3-6/h5-6H,2-4H2,1H3/t5-/m1/s1. The molecule has 0 radical (unpaired) electrons. The van der Waals surface area contributed by atoms with Gasteiger partial charge in [-0.05, 0) is 24.7 Å². The lowest BCUT2D eigenvalue weighted by atomic mass is 10.1. The topological polar surface area (TPSA) is 0 Å². The van der Waals surface area contributed by atoms with Crippen molar-refractivity contribution in [2.45, 2.75) is 19.8 Å². The Balaban J connectivity index is 2.10. The minimum Gasteiger partial charge on any atom is -0.251 e. The van der Waals surface area contributed by atoms with Gasteiger partial charge in [0.1, 0.15) is 0 Å². The number of hydrogen-bond acceptors (Lipinski definition) is 0. The predicted octanol–water partition coefficient (Wildman–Crippen LogP) is 2.00. The van der Waals surface area contributed by atoms with Gasteiger partial charge < -0.3 is 0 Å². The smallest absolute Gasteiger partial charge is 0.0922 e. The maximum absolute atomic E-state index is 11.7. The summed E-state index contributed by atoms with van der Waals surface area (Å²) in [5, 5.41) is 0. The Morgan fingerprint density at radius 2 is 2.29 bits per heavy atom. The van der Waals surface area contributed by atoms with Gasteiger partial charge in [-0.25, -0.2) is 0 Å². The molecule has 0 aromatic carbocycles. The Morgan fingerprint density at radius 1 is 1.71 bits per heavy atom. The van der Waals surface area contributed by atoms with Crippen molar-refractivity contribution in [2.75, 3.05) is 6.67 Å². The maximum atomic E-state index is 11.7. The molecule has 1 aliphatic rings. The van der Waals surface area contributed by atoms with E-state index in [0.29, 0.717) is 5.92 Å². The van der Waals surface area contributed by atoms with Crippen molar-refractivity contribution in [1.29, 1.82) is 0 Å². The minimum absolute atomic E-state index is 0.120. The maximum Gasteiger partial charge on any atom is 0.0922 e. The second-order valence-electron chi connectivity index (χ2n) is 2.47. The second kappa shape index (κ2) is 1.81. The van der Waals surface area contributed by atoms with Crippen LogP contribution in [-0.2, 0) is 0 Å². The fraction of sp³-hybridized carbons (Fsp3) is 1.00. The summed E-state index contributed by atoms with van der Waals surface area (Å²) >= 11 is 0. The van der Waals surface area contributed by atoms with E-state index in [2.05, 4.69) is 0 Å². The quantitative estimate of drug-likeness (QED) is 0.500. The first-order chi connectivity index (χ1) is 3.34. The summed E-state index contributed by atoms with van der Waals surface area (Å²) in [6.45, 7) is 1.86. The van der Waals surface area contributed by atoms with Crippen LogP contribution in [-0.4, -0.2) is 6.67 Å². The molecule has 42 valence electrons. The van der Waals surface area contributed by atoms with Crippen LogP contribution in [0.3, 0.4) is 0 Å². The van der Waals surface area contributed by atoms with Crippen molar-refractivity contribution in [3.63, 3.8) is 0 Å². The van der Waals surface area contributed by atoms with E-state index in [0.717, 1.165) is 5.92 Å². The van der Waals surface area contributed by atoms with Crippen molar-refractivity contribution in [3.05, 3.63) is 0 Å². The molecule has 0 bridgehead atoms. The van der Waals surface area contributed by atoms with E-state index in [1.165, 1.54) is 12.8 Å². The lowest BCUT2D eigenvalue weighted by Crippen LogP contribution is -1.97.